The molecule has 0 aromatic carbocycles. The van der Waals surface area contributed by atoms with E-state index in [0.29, 0.717) is 24.0 Å². The molecule has 4 N–H and O–H groups in total. The first-order valence-corrected chi connectivity index (χ1v) is 6.17. The molecule has 18 heavy (non-hydrogen) atoms. The average Bonchev–Trinajstić information content (AvgIpc) is 2.30. The van der Waals surface area contributed by atoms with Crippen molar-refractivity contribution in [1.29, 1.82) is 0 Å². The van der Waals surface area contributed by atoms with Crippen LogP contribution in [-0.2, 0) is 4.79 Å². The van der Waals surface area contributed by atoms with Crippen LogP contribution in [0.3, 0.4) is 0 Å². The van der Waals surface area contributed by atoms with E-state index >= 15 is 0 Å². The second-order valence-corrected chi connectivity index (χ2v) is 4.90. The van der Waals surface area contributed by atoms with Crippen LogP contribution < -0.4 is 16.4 Å². The van der Waals surface area contributed by atoms with Gasteiger partial charge in [-0.15, -0.1) is 0 Å². The smallest absolute Gasteiger partial charge is 0.242 e. The van der Waals surface area contributed by atoms with E-state index in [4.69, 9.17) is 5.73 Å². The lowest BCUT2D eigenvalue weighted by molar-refractivity contribution is -0.121. The van der Waals surface area contributed by atoms with Gasteiger partial charge in [-0.1, -0.05) is 13.8 Å². The Kier molecular flexibility index (Phi) is 4.95. The summed E-state index contributed by atoms with van der Waals surface area (Å²) in [4.78, 5) is 16.1. The van der Waals surface area contributed by atoms with Crippen molar-refractivity contribution < 1.29 is 4.79 Å². The number of carbonyl (C=O) groups is 1. The molecule has 0 radical (unpaired) electrons. The fourth-order valence-electron chi connectivity index (χ4n) is 1.41. The van der Waals surface area contributed by atoms with E-state index in [0.717, 1.165) is 5.69 Å². The Morgan fingerprint density at radius 3 is 2.67 bits per heavy atom. The molecular weight excluding hydrogens is 228 g/mol. The third-order valence-electron chi connectivity index (χ3n) is 2.50. The van der Waals surface area contributed by atoms with Gasteiger partial charge >= 0.3 is 0 Å². The highest BCUT2D eigenvalue weighted by Gasteiger charge is 2.14. The molecule has 0 aliphatic heterocycles. The molecule has 100 valence electrons. The molecule has 1 heterocycles. The van der Waals surface area contributed by atoms with Gasteiger partial charge in [0.05, 0.1) is 5.69 Å². The quantitative estimate of drug-likeness (QED) is 0.740. The van der Waals surface area contributed by atoms with Crippen LogP contribution in [0.25, 0.3) is 0 Å². The Hall–Kier alpha value is -1.78. The Labute approximate surface area is 108 Å². The van der Waals surface area contributed by atoms with E-state index in [2.05, 4.69) is 29.5 Å². The average molecular weight is 250 g/mol. The molecular formula is C13H22N4O. The van der Waals surface area contributed by atoms with Crippen molar-refractivity contribution >= 4 is 17.4 Å². The van der Waals surface area contributed by atoms with Crippen molar-refractivity contribution in [1.82, 2.24) is 10.3 Å². The lowest BCUT2D eigenvalue weighted by Crippen LogP contribution is -2.39. The van der Waals surface area contributed by atoms with Gasteiger partial charge in [0.2, 0.25) is 5.91 Å². The van der Waals surface area contributed by atoms with Crippen LogP contribution >= 0.6 is 0 Å². The van der Waals surface area contributed by atoms with E-state index in [-0.39, 0.29) is 11.9 Å². The summed E-state index contributed by atoms with van der Waals surface area (Å²) in [6.45, 7) is 8.45. The fourth-order valence-corrected chi connectivity index (χ4v) is 1.41. The van der Waals surface area contributed by atoms with Crippen molar-refractivity contribution in [3.63, 3.8) is 0 Å². The van der Waals surface area contributed by atoms with Gasteiger partial charge in [0.1, 0.15) is 11.9 Å². The first-order chi connectivity index (χ1) is 8.40. The van der Waals surface area contributed by atoms with Gasteiger partial charge in [0.25, 0.3) is 0 Å². The molecule has 0 fully saturated rings. The third kappa shape index (κ3) is 4.24. The Morgan fingerprint density at radius 1 is 1.39 bits per heavy atom. The fraction of sp³-hybridized carbons (Fsp3) is 0.538. The largest absolute Gasteiger partial charge is 0.396 e. The SMILES string of the molecule is Cc1ccc(N)c(NC(C)C(=O)NCC(C)C)n1. The molecule has 5 nitrogen and oxygen atoms in total. The van der Waals surface area contributed by atoms with Crippen LogP contribution in [-0.4, -0.2) is 23.5 Å². The zero-order chi connectivity index (χ0) is 13.7. The minimum absolute atomic E-state index is 0.0496. The van der Waals surface area contributed by atoms with Crippen LogP contribution in [0.2, 0.25) is 0 Å². The maximum absolute atomic E-state index is 11.8. The molecule has 0 bridgehead atoms. The van der Waals surface area contributed by atoms with E-state index in [9.17, 15) is 4.79 Å². The topological polar surface area (TPSA) is 80.0 Å². The number of nitrogens with zero attached hydrogens (tertiary/aromatic N) is 1. The number of anilines is 2. The minimum atomic E-state index is -0.361. The second kappa shape index (κ2) is 6.23. The highest BCUT2D eigenvalue weighted by atomic mass is 16.2. The summed E-state index contributed by atoms with van der Waals surface area (Å²) in [5.74, 6) is 0.942. The first kappa shape index (κ1) is 14.3. The van der Waals surface area contributed by atoms with Gasteiger partial charge < -0.3 is 16.4 Å². The number of aromatic nitrogens is 1. The molecule has 5 heteroatoms. The molecule has 1 unspecified atom stereocenters. The number of hydrogen-bond donors (Lipinski definition) is 3. The predicted molar refractivity (Wildman–Crippen MR) is 74.3 cm³/mol. The lowest BCUT2D eigenvalue weighted by Gasteiger charge is -2.17. The highest BCUT2D eigenvalue weighted by Crippen LogP contribution is 2.16. The van der Waals surface area contributed by atoms with Crippen molar-refractivity contribution in [3.8, 4) is 0 Å². The zero-order valence-electron chi connectivity index (χ0n) is 11.4. The maximum Gasteiger partial charge on any atom is 0.242 e. The number of nitrogens with one attached hydrogen (secondary N) is 2. The highest BCUT2D eigenvalue weighted by molar-refractivity contribution is 5.84. The van der Waals surface area contributed by atoms with Gasteiger partial charge in [-0.2, -0.15) is 0 Å². The number of pyridine rings is 1. The van der Waals surface area contributed by atoms with Crippen LogP contribution in [0.5, 0.6) is 0 Å². The van der Waals surface area contributed by atoms with E-state index < -0.39 is 0 Å². The molecule has 1 aromatic heterocycles. The van der Waals surface area contributed by atoms with Crippen LogP contribution in [0, 0.1) is 12.8 Å². The summed E-state index contributed by atoms with van der Waals surface area (Å²) in [5.41, 5.74) is 7.21. The molecule has 0 spiro atoms. The Morgan fingerprint density at radius 2 is 2.06 bits per heavy atom. The maximum atomic E-state index is 11.8. The van der Waals surface area contributed by atoms with Crippen LogP contribution in [0.15, 0.2) is 12.1 Å². The van der Waals surface area contributed by atoms with Gasteiger partial charge in [0, 0.05) is 12.2 Å². The third-order valence-corrected chi connectivity index (χ3v) is 2.50. The summed E-state index contributed by atoms with van der Waals surface area (Å²) in [6.07, 6.45) is 0. The van der Waals surface area contributed by atoms with Crippen molar-refractivity contribution in [2.24, 2.45) is 5.92 Å². The number of hydrogen-bond acceptors (Lipinski definition) is 4. The lowest BCUT2D eigenvalue weighted by atomic mass is 10.2. The molecule has 1 rings (SSSR count). The number of nitrogen functional groups attached to an aromatic ring is 1. The van der Waals surface area contributed by atoms with Crippen molar-refractivity contribution in [2.45, 2.75) is 33.7 Å². The van der Waals surface area contributed by atoms with Gasteiger partial charge in [0.15, 0.2) is 0 Å². The Balaban J connectivity index is 2.60. The van der Waals surface area contributed by atoms with E-state index in [1.165, 1.54) is 0 Å². The van der Waals surface area contributed by atoms with Crippen LogP contribution in [0.1, 0.15) is 26.5 Å². The predicted octanol–water partition coefficient (Wildman–Crippen LogP) is 1.54. The number of nitrogens with two attached hydrogens (primary N) is 1. The van der Waals surface area contributed by atoms with Crippen molar-refractivity contribution in [3.05, 3.63) is 17.8 Å². The summed E-state index contributed by atoms with van der Waals surface area (Å²) >= 11 is 0. The number of rotatable bonds is 5. The molecule has 1 amide bonds. The summed E-state index contributed by atoms with van der Waals surface area (Å²) in [7, 11) is 0. The molecule has 0 saturated heterocycles. The molecule has 0 saturated carbocycles. The number of aryl methyl sites for hydroxylation is 1. The first-order valence-electron chi connectivity index (χ1n) is 6.17. The number of carbonyl (C=O) groups excluding carboxylic acids is 1. The minimum Gasteiger partial charge on any atom is -0.396 e. The molecule has 1 aromatic rings. The van der Waals surface area contributed by atoms with Gasteiger partial charge in [-0.05, 0) is 31.9 Å². The summed E-state index contributed by atoms with van der Waals surface area (Å²) in [5, 5.41) is 5.89. The van der Waals surface area contributed by atoms with E-state index in [1.54, 1.807) is 13.0 Å². The van der Waals surface area contributed by atoms with Gasteiger partial charge in [-0.25, -0.2) is 4.98 Å². The van der Waals surface area contributed by atoms with Crippen molar-refractivity contribution in [2.75, 3.05) is 17.6 Å². The summed E-state index contributed by atoms with van der Waals surface area (Å²) < 4.78 is 0. The number of amides is 1. The molecule has 0 aliphatic rings. The second-order valence-electron chi connectivity index (χ2n) is 4.90. The van der Waals surface area contributed by atoms with E-state index in [1.807, 2.05) is 13.0 Å². The van der Waals surface area contributed by atoms with Gasteiger partial charge in [-0.3, -0.25) is 4.79 Å². The zero-order valence-corrected chi connectivity index (χ0v) is 11.4. The monoisotopic (exact) mass is 250 g/mol. The normalized spacial score (nSPS) is 12.3. The Bertz CT molecular complexity index is 417. The molecule has 1 atom stereocenters. The summed E-state index contributed by atoms with van der Waals surface area (Å²) in [6, 6.07) is 3.26. The van der Waals surface area contributed by atoms with Crippen LogP contribution in [0.4, 0.5) is 11.5 Å². The molecule has 0 aliphatic carbocycles. The standard InChI is InChI=1S/C13H22N4O/c1-8(2)7-15-13(18)10(4)17-12-11(14)6-5-9(3)16-12/h5-6,8,10H,7,14H2,1-4H3,(H,15,18)(H,16,17).